The van der Waals surface area contributed by atoms with Gasteiger partial charge in [-0.2, -0.15) is 0 Å². The second kappa shape index (κ2) is 4.58. The van der Waals surface area contributed by atoms with Crippen LogP contribution in [0.5, 0.6) is 0 Å². The topological polar surface area (TPSA) is 0 Å². The fourth-order valence-electron chi connectivity index (χ4n) is 0.885. The lowest BCUT2D eigenvalue weighted by Crippen LogP contribution is -2.03. The van der Waals surface area contributed by atoms with E-state index in [1.807, 2.05) is 0 Å². The predicted octanol–water partition coefficient (Wildman–Crippen LogP) is 4.02. The van der Waals surface area contributed by atoms with Gasteiger partial charge in [-0.15, -0.1) is 0 Å². The van der Waals surface area contributed by atoms with Crippen LogP contribution in [0.4, 0.5) is 0 Å². The lowest BCUT2D eigenvalue weighted by Gasteiger charge is -2.16. The van der Waals surface area contributed by atoms with Crippen molar-refractivity contribution in [2.45, 2.75) is 47.5 Å². The van der Waals surface area contributed by atoms with Crippen molar-refractivity contribution >= 4 is 0 Å². The Bertz CT molecular complexity index is 112. The van der Waals surface area contributed by atoms with Gasteiger partial charge >= 0.3 is 0 Å². The lowest BCUT2D eigenvalue weighted by molar-refractivity contribution is 0.381. The molecule has 0 aliphatic carbocycles. The quantitative estimate of drug-likeness (QED) is 0.538. The maximum absolute atomic E-state index is 2.30. The highest BCUT2D eigenvalue weighted by molar-refractivity contribution is 4.85. The highest BCUT2D eigenvalue weighted by Gasteiger charge is 2.07. The van der Waals surface area contributed by atoms with Crippen molar-refractivity contribution in [1.29, 1.82) is 0 Å². The molecule has 0 unspecified atom stereocenters. The zero-order chi connectivity index (χ0) is 8.91. The van der Waals surface area contributed by atoms with Crippen molar-refractivity contribution < 1.29 is 0 Å². The molecule has 0 saturated heterocycles. The van der Waals surface area contributed by atoms with Crippen molar-refractivity contribution in [3.63, 3.8) is 0 Å². The van der Waals surface area contributed by atoms with Crippen LogP contribution in [0.25, 0.3) is 0 Å². The molecule has 0 amide bonds. The van der Waals surface area contributed by atoms with Gasteiger partial charge in [-0.1, -0.05) is 46.8 Å². The van der Waals surface area contributed by atoms with Gasteiger partial charge in [0.25, 0.3) is 0 Å². The molecular weight excluding hydrogens is 132 g/mol. The van der Waals surface area contributed by atoms with Gasteiger partial charge in [-0.3, -0.25) is 0 Å². The number of rotatable bonds is 3. The van der Waals surface area contributed by atoms with E-state index >= 15 is 0 Å². The van der Waals surface area contributed by atoms with Crippen molar-refractivity contribution in [3.05, 3.63) is 12.2 Å². The first kappa shape index (κ1) is 10.7. The Morgan fingerprint density at radius 1 is 1.18 bits per heavy atom. The Morgan fingerprint density at radius 3 is 2.09 bits per heavy atom. The average molecular weight is 154 g/mol. The number of hydrogen-bond acceptors (Lipinski definition) is 0. The first-order valence-corrected chi connectivity index (χ1v) is 4.58. The zero-order valence-corrected chi connectivity index (χ0v) is 8.65. The van der Waals surface area contributed by atoms with Gasteiger partial charge in [0.1, 0.15) is 0 Å². The zero-order valence-electron chi connectivity index (χ0n) is 8.65. The highest BCUT2D eigenvalue weighted by Crippen LogP contribution is 2.20. The summed E-state index contributed by atoms with van der Waals surface area (Å²) in [6.07, 6.45) is 7.10. The fourth-order valence-corrected chi connectivity index (χ4v) is 0.885. The van der Waals surface area contributed by atoms with E-state index in [1.54, 1.807) is 0 Å². The summed E-state index contributed by atoms with van der Waals surface area (Å²) in [4.78, 5) is 0. The largest absolute Gasteiger partial charge is 0.0883 e. The third-order valence-corrected chi connectivity index (χ3v) is 1.58. The standard InChI is InChI=1S/C11H22/c1-10(2)8-6-7-9-11(3,4)5/h6,8,10H,7,9H2,1-5H3. The van der Waals surface area contributed by atoms with Gasteiger partial charge in [0, 0.05) is 0 Å². The van der Waals surface area contributed by atoms with Gasteiger partial charge in [0.2, 0.25) is 0 Å². The van der Waals surface area contributed by atoms with Crippen LogP contribution in [0.3, 0.4) is 0 Å². The monoisotopic (exact) mass is 154 g/mol. The molecule has 0 atom stereocenters. The van der Waals surface area contributed by atoms with Crippen molar-refractivity contribution in [3.8, 4) is 0 Å². The van der Waals surface area contributed by atoms with E-state index in [0.717, 1.165) is 0 Å². The van der Waals surface area contributed by atoms with E-state index in [1.165, 1.54) is 12.8 Å². The minimum absolute atomic E-state index is 0.487. The van der Waals surface area contributed by atoms with Crippen LogP contribution in [0.2, 0.25) is 0 Å². The summed E-state index contributed by atoms with van der Waals surface area (Å²) in [6.45, 7) is 11.3. The summed E-state index contributed by atoms with van der Waals surface area (Å²) in [7, 11) is 0. The van der Waals surface area contributed by atoms with E-state index in [-0.39, 0.29) is 0 Å². The summed E-state index contributed by atoms with van der Waals surface area (Å²) in [5.74, 6) is 0.704. The fraction of sp³-hybridized carbons (Fsp3) is 0.818. The van der Waals surface area contributed by atoms with E-state index in [2.05, 4.69) is 46.8 Å². The highest BCUT2D eigenvalue weighted by atomic mass is 14.1. The number of hydrogen-bond donors (Lipinski definition) is 0. The van der Waals surface area contributed by atoms with Crippen molar-refractivity contribution in [2.75, 3.05) is 0 Å². The maximum Gasteiger partial charge on any atom is -0.0290 e. The van der Waals surface area contributed by atoms with Crippen molar-refractivity contribution in [2.24, 2.45) is 11.3 Å². The Labute approximate surface area is 71.7 Å². The summed E-state index contributed by atoms with van der Waals surface area (Å²) in [5.41, 5.74) is 0.487. The molecule has 0 aromatic rings. The molecule has 0 N–H and O–H groups in total. The Balaban J connectivity index is 3.42. The molecule has 0 saturated carbocycles. The van der Waals surface area contributed by atoms with Crippen LogP contribution in [-0.4, -0.2) is 0 Å². The summed E-state index contributed by atoms with van der Waals surface area (Å²) in [6, 6.07) is 0. The molecule has 0 rings (SSSR count). The Kier molecular flexibility index (Phi) is 4.48. The molecule has 0 spiro atoms. The normalized spacial score (nSPS) is 13.3. The summed E-state index contributed by atoms with van der Waals surface area (Å²) >= 11 is 0. The molecule has 0 aromatic heterocycles. The van der Waals surface area contributed by atoms with Crippen LogP contribution >= 0.6 is 0 Å². The molecule has 0 nitrogen and oxygen atoms in total. The Morgan fingerprint density at radius 2 is 1.73 bits per heavy atom. The predicted molar refractivity (Wildman–Crippen MR) is 52.7 cm³/mol. The third kappa shape index (κ3) is 9.74. The van der Waals surface area contributed by atoms with Crippen LogP contribution in [-0.2, 0) is 0 Å². The van der Waals surface area contributed by atoms with E-state index in [9.17, 15) is 0 Å². The minimum atomic E-state index is 0.487. The molecule has 0 aromatic carbocycles. The maximum atomic E-state index is 2.30. The van der Waals surface area contributed by atoms with Crippen LogP contribution in [0.15, 0.2) is 12.2 Å². The molecule has 0 fully saturated rings. The molecule has 0 aliphatic rings. The Hall–Kier alpha value is -0.260. The number of allylic oxidation sites excluding steroid dienone is 2. The van der Waals surface area contributed by atoms with Gasteiger partial charge in [0.15, 0.2) is 0 Å². The van der Waals surface area contributed by atoms with E-state index < -0.39 is 0 Å². The van der Waals surface area contributed by atoms with E-state index in [0.29, 0.717) is 11.3 Å². The van der Waals surface area contributed by atoms with Gasteiger partial charge in [-0.05, 0) is 24.2 Å². The van der Waals surface area contributed by atoms with Crippen LogP contribution in [0, 0.1) is 11.3 Å². The molecule has 0 heterocycles. The molecule has 66 valence electrons. The first-order valence-electron chi connectivity index (χ1n) is 4.58. The molecular formula is C11H22. The summed E-state index contributed by atoms with van der Waals surface area (Å²) < 4.78 is 0. The second-order valence-corrected chi connectivity index (χ2v) is 4.77. The molecule has 0 radical (unpaired) electrons. The van der Waals surface area contributed by atoms with Gasteiger partial charge in [0.05, 0.1) is 0 Å². The van der Waals surface area contributed by atoms with Gasteiger partial charge < -0.3 is 0 Å². The minimum Gasteiger partial charge on any atom is -0.0883 e. The van der Waals surface area contributed by atoms with Crippen molar-refractivity contribution in [1.82, 2.24) is 0 Å². The molecule has 11 heavy (non-hydrogen) atoms. The molecule has 0 bridgehead atoms. The van der Waals surface area contributed by atoms with Crippen LogP contribution < -0.4 is 0 Å². The van der Waals surface area contributed by atoms with Crippen LogP contribution in [0.1, 0.15) is 47.5 Å². The van der Waals surface area contributed by atoms with Gasteiger partial charge in [-0.25, -0.2) is 0 Å². The molecule has 0 heteroatoms. The van der Waals surface area contributed by atoms with E-state index in [4.69, 9.17) is 0 Å². The third-order valence-electron chi connectivity index (χ3n) is 1.58. The molecule has 0 aliphatic heterocycles. The first-order chi connectivity index (χ1) is 4.92. The smallest absolute Gasteiger partial charge is 0.0290 e. The SMILES string of the molecule is CC(C)C=CCCC(C)(C)C. The average Bonchev–Trinajstić information content (AvgIpc) is 1.78. The summed E-state index contributed by atoms with van der Waals surface area (Å²) in [5, 5.41) is 0. The lowest BCUT2D eigenvalue weighted by atomic mass is 9.90. The second-order valence-electron chi connectivity index (χ2n) is 4.77.